The van der Waals surface area contributed by atoms with Gasteiger partial charge in [-0.3, -0.25) is 4.99 Å². The van der Waals surface area contributed by atoms with Crippen LogP contribution in [0.25, 0.3) is 0 Å². The van der Waals surface area contributed by atoms with E-state index in [1.165, 1.54) is 0 Å². The highest BCUT2D eigenvalue weighted by Crippen LogP contribution is 2.09. The fourth-order valence-electron chi connectivity index (χ4n) is 0.696. The van der Waals surface area contributed by atoms with E-state index in [0.29, 0.717) is 6.54 Å². The molecule has 0 aromatic carbocycles. The second-order valence-corrected chi connectivity index (χ2v) is 2.00. The lowest BCUT2D eigenvalue weighted by Crippen LogP contribution is -2.06. The van der Waals surface area contributed by atoms with Gasteiger partial charge >= 0.3 is 0 Å². The Morgan fingerprint density at radius 1 is 1.78 bits per heavy atom. The maximum absolute atomic E-state index is 8.86. The molecule has 0 fully saturated rings. The van der Waals surface area contributed by atoms with Gasteiger partial charge in [-0.15, -0.1) is 0 Å². The van der Waals surface area contributed by atoms with Crippen molar-refractivity contribution in [3.63, 3.8) is 0 Å². The minimum absolute atomic E-state index is 0.0370. The third-order valence-electron chi connectivity index (χ3n) is 1.27. The zero-order valence-electron chi connectivity index (χ0n) is 5.12. The predicted molar refractivity (Wildman–Crippen MR) is 37.8 cm³/mol. The molecule has 0 radical (unpaired) electrons. The highest BCUT2D eigenvalue weighted by atomic mass is 16.3. The van der Waals surface area contributed by atoms with E-state index in [4.69, 9.17) is 5.11 Å². The molecule has 1 heterocycles. The molecule has 9 heavy (non-hydrogen) atoms. The molecule has 0 saturated carbocycles. The van der Waals surface area contributed by atoms with E-state index in [2.05, 4.69) is 11.6 Å². The van der Waals surface area contributed by atoms with Crippen molar-refractivity contribution < 1.29 is 5.11 Å². The number of hydrogen-bond donors (Lipinski definition) is 1. The normalized spacial score (nSPS) is 24.2. The fraction of sp³-hybridized carbons (Fsp3) is 0.286. The van der Waals surface area contributed by atoms with Gasteiger partial charge in [-0.1, -0.05) is 12.7 Å². The summed E-state index contributed by atoms with van der Waals surface area (Å²) in [6, 6.07) is 0. The monoisotopic (exact) mass is 123 g/mol. The summed E-state index contributed by atoms with van der Waals surface area (Å²) in [5, 5.41) is 8.86. The van der Waals surface area contributed by atoms with Gasteiger partial charge in [-0.25, -0.2) is 0 Å². The maximum atomic E-state index is 8.86. The van der Waals surface area contributed by atoms with Gasteiger partial charge in [0, 0.05) is 6.21 Å². The topological polar surface area (TPSA) is 32.6 Å². The van der Waals surface area contributed by atoms with Crippen LogP contribution in [0.2, 0.25) is 0 Å². The van der Waals surface area contributed by atoms with Gasteiger partial charge in [0.1, 0.15) is 0 Å². The largest absolute Gasteiger partial charge is 0.512 e. The molecule has 0 aromatic heterocycles. The first kappa shape index (κ1) is 6.08. The predicted octanol–water partition coefficient (Wildman–Crippen LogP) is 1.31. The van der Waals surface area contributed by atoms with Gasteiger partial charge in [0.15, 0.2) is 0 Å². The molecule has 2 heteroatoms. The molecule has 48 valence electrons. The molecule has 2 nitrogen and oxygen atoms in total. The van der Waals surface area contributed by atoms with Crippen molar-refractivity contribution in [1.29, 1.82) is 0 Å². The molecule has 0 amide bonds. The number of allylic oxidation sites excluding steroid dienone is 1. The zero-order chi connectivity index (χ0) is 6.69. The Morgan fingerprint density at radius 2 is 2.56 bits per heavy atom. The van der Waals surface area contributed by atoms with Crippen molar-refractivity contribution in [2.24, 2.45) is 10.9 Å². The van der Waals surface area contributed by atoms with E-state index in [0.717, 1.165) is 0 Å². The Labute approximate surface area is 54.2 Å². The van der Waals surface area contributed by atoms with Crippen LogP contribution in [-0.2, 0) is 0 Å². The molecule has 0 saturated heterocycles. The lowest BCUT2D eigenvalue weighted by Gasteiger charge is -2.08. The summed E-state index contributed by atoms with van der Waals surface area (Å²) in [4.78, 5) is 3.95. The molecule has 0 aliphatic carbocycles. The van der Waals surface area contributed by atoms with Crippen LogP contribution >= 0.6 is 0 Å². The number of aliphatic imine (C=N–C) groups is 1. The Morgan fingerprint density at radius 3 is 2.89 bits per heavy atom. The van der Waals surface area contributed by atoms with E-state index >= 15 is 0 Å². The number of dihydropyridines is 1. The Bertz CT molecular complexity index is 170. The first-order valence-electron chi connectivity index (χ1n) is 2.85. The molecule has 0 bridgehead atoms. The fourth-order valence-corrected chi connectivity index (χ4v) is 0.696. The van der Waals surface area contributed by atoms with Crippen molar-refractivity contribution in [3.8, 4) is 0 Å². The average molecular weight is 123 g/mol. The van der Waals surface area contributed by atoms with Crippen LogP contribution < -0.4 is 0 Å². The minimum atomic E-state index is 0.0370. The summed E-state index contributed by atoms with van der Waals surface area (Å²) < 4.78 is 0. The van der Waals surface area contributed by atoms with Gasteiger partial charge in [0.05, 0.1) is 18.2 Å². The second kappa shape index (κ2) is 2.49. The van der Waals surface area contributed by atoms with Crippen LogP contribution in [0.4, 0.5) is 0 Å². The van der Waals surface area contributed by atoms with E-state index in [1.54, 1.807) is 6.21 Å². The molecular weight excluding hydrogens is 114 g/mol. The van der Waals surface area contributed by atoms with Crippen molar-refractivity contribution in [3.05, 3.63) is 24.5 Å². The standard InChI is InChI=1S/C7H9NO/c1-6(9)7-3-2-4-8-5-7/h2-4,7,9H,1,5H2. The highest BCUT2D eigenvalue weighted by Gasteiger charge is 2.07. The Hall–Kier alpha value is -1.05. The van der Waals surface area contributed by atoms with Crippen LogP contribution in [0, 0.1) is 5.92 Å². The summed E-state index contributed by atoms with van der Waals surface area (Å²) >= 11 is 0. The SMILES string of the molecule is C=C(O)C1C=CC=NC1. The van der Waals surface area contributed by atoms with Crippen LogP contribution in [0.5, 0.6) is 0 Å². The molecule has 0 spiro atoms. The Balaban J connectivity index is 2.56. The van der Waals surface area contributed by atoms with Crippen LogP contribution in [0.3, 0.4) is 0 Å². The first-order valence-corrected chi connectivity index (χ1v) is 2.85. The number of hydrogen-bond acceptors (Lipinski definition) is 2. The van der Waals surface area contributed by atoms with Crippen LogP contribution in [0.1, 0.15) is 0 Å². The minimum Gasteiger partial charge on any atom is -0.512 e. The summed E-state index contributed by atoms with van der Waals surface area (Å²) in [5.74, 6) is 0.234. The third-order valence-corrected chi connectivity index (χ3v) is 1.27. The molecule has 1 rings (SSSR count). The van der Waals surface area contributed by atoms with Gasteiger partial charge in [0.25, 0.3) is 0 Å². The van der Waals surface area contributed by atoms with Crippen molar-refractivity contribution in [1.82, 2.24) is 0 Å². The summed E-state index contributed by atoms with van der Waals surface area (Å²) in [6.07, 6.45) is 5.42. The number of aliphatic hydroxyl groups excluding tert-OH is 1. The van der Waals surface area contributed by atoms with Crippen LogP contribution in [0.15, 0.2) is 29.5 Å². The molecule has 1 atom stereocenters. The van der Waals surface area contributed by atoms with Gasteiger partial charge in [0.2, 0.25) is 0 Å². The molecule has 1 N–H and O–H groups in total. The lowest BCUT2D eigenvalue weighted by atomic mass is 10.1. The lowest BCUT2D eigenvalue weighted by molar-refractivity contribution is 0.361. The molecule has 0 aromatic rings. The molecule has 1 aliphatic heterocycles. The maximum Gasteiger partial charge on any atom is 0.0938 e. The van der Waals surface area contributed by atoms with E-state index < -0.39 is 0 Å². The molecule has 1 unspecified atom stereocenters. The van der Waals surface area contributed by atoms with E-state index in [-0.39, 0.29) is 11.7 Å². The zero-order valence-corrected chi connectivity index (χ0v) is 5.12. The summed E-state index contributed by atoms with van der Waals surface area (Å²) in [7, 11) is 0. The second-order valence-electron chi connectivity index (χ2n) is 2.00. The van der Waals surface area contributed by atoms with Gasteiger partial charge < -0.3 is 5.11 Å². The average Bonchev–Trinajstić information content (AvgIpc) is 1.90. The van der Waals surface area contributed by atoms with E-state index in [1.807, 2.05) is 12.2 Å². The van der Waals surface area contributed by atoms with Crippen LogP contribution in [-0.4, -0.2) is 17.9 Å². The number of rotatable bonds is 1. The number of aliphatic hydroxyl groups is 1. The van der Waals surface area contributed by atoms with Crippen molar-refractivity contribution in [2.45, 2.75) is 0 Å². The third kappa shape index (κ3) is 1.42. The highest BCUT2D eigenvalue weighted by molar-refractivity contribution is 5.72. The quantitative estimate of drug-likeness (QED) is 0.524. The first-order chi connectivity index (χ1) is 4.30. The van der Waals surface area contributed by atoms with Crippen molar-refractivity contribution in [2.75, 3.05) is 6.54 Å². The number of nitrogens with zero attached hydrogens (tertiary/aromatic N) is 1. The van der Waals surface area contributed by atoms with Crippen molar-refractivity contribution >= 4 is 6.21 Å². The summed E-state index contributed by atoms with van der Waals surface area (Å²) in [5.41, 5.74) is 0. The summed E-state index contributed by atoms with van der Waals surface area (Å²) in [6.45, 7) is 4.04. The van der Waals surface area contributed by atoms with Gasteiger partial charge in [-0.2, -0.15) is 0 Å². The smallest absolute Gasteiger partial charge is 0.0938 e. The van der Waals surface area contributed by atoms with Gasteiger partial charge in [-0.05, 0) is 6.08 Å². The molecule has 1 aliphatic rings. The molecular formula is C7H9NO. The Kier molecular flexibility index (Phi) is 1.68. The van der Waals surface area contributed by atoms with E-state index in [9.17, 15) is 0 Å².